The van der Waals surface area contributed by atoms with Gasteiger partial charge in [-0.25, -0.2) is 0 Å². The third kappa shape index (κ3) is 2.47. The molecule has 2 heteroatoms. The minimum Gasteiger partial charge on any atom is -0.350 e. The molecule has 0 aromatic heterocycles. The van der Waals surface area contributed by atoms with Gasteiger partial charge in [-0.15, -0.1) is 0 Å². The number of benzene rings is 2. The zero-order valence-corrected chi connectivity index (χ0v) is 10.4. The van der Waals surface area contributed by atoms with Crippen molar-refractivity contribution in [3.8, 4) is 0 Å². The van der Waals surface area contributed by atoms with E-state index in [1.54, 1.807) is 0 Å². The van der Waals surface area contributed by atoms with Gasteiger partial charge in [0.05, 0.1) is 0 Å². The first kappa shape index (κ1) is 11.6. The van der Waals surface area contributed by atoms with Gasteiger partial charge in [0.15, 0.2) is 0 Å². The molecule has 2 aromatic rings. The Kier molecular flexibility index (Phi) is 3.14. The molecule has 0 radical (unpaired) electrons. The first-order valence-electron chi connectivity index (χ1n) is 5.88. The van der Waals surface area contributed by atoms with E-state index in [-0.39, 0.29) is 11.9 Å². The summed E-state index contributed by atoms with van der Waals surface area (Å²) in [5.41, 5.74) is 1.95. The molecule has 0 aliphatic carbocycles. The molecule has 0 heterocycles. The zero-order chi connectivity index (χ0) is 12.4. The number of fused-ring (bicyclic) bond motifs is 1. The van der Waals surface area contributed by atoms with Gasteiger partial charge in [-0.2, -0.15) is 0 Å². The van der Waals surface area contributed by atoms with E-state index >= 15 is 0 Å². The summed E-state index contributed by atoms with van der Waals surface area (Å²) < 4.78 is 0. The molecule has 0 saturated heterocycles. The van der Waals surface area contributed by atoms with Gasteiger partial charge in [-0.1, -0.05) is 35.9 Å². The quantitative estimate of drug-likeness (QED) is 0.838. The van der Waals surface area contributed by atoms with Crippen LogP contribution in [-0.2, 0) is 0 Å². The van der Waals surface area contributed by atoms with Crippen LogP contribution in [0, 0.1) is 6.92 Å². The van der Waals surface area contributed by atoms with Crippen molar-refractivity contribution in [1.29, 1.82) is 0 Å². The van der Waals surface area contributed by atoms with E-state index in [1.807, 2.05) is 44.2 Å². The number of hydrogen-bond donors (Lipinski definition) is 1. The molecule has 2 rings (SSSR count). The highest BCUT2D eigenvalue weighted by molar-refractivity contribution is 6.07. The molecule has 0 aliphatic heterocycles. The Balaban J connectivity index is 2.51. The molecule has 0 fully saturated rings. The molecule has 0 spiro atoms. The fraction of sp³-hybridized carbons (Fsp3) is 0.267. The summed E-state index contributed by atoms with van der Waals surface area (Å²) in [6.45, 7) is 5.99. The van der Waals surface area contributed by atoms with Crippen molar-refractivity contribution in [1.82, 2.24) is 5.32 Å². The molecule has 2 aromatic carbocycles. The third-order valence-corrected chi connectivity index (χ3v) is 2.70. The summed E-state index contributed by atoms with van der Waals surface area (Å²) in [7, 11) is 0. The molecule has 0 unspecified atom stereocenters. The average Bonchev–Trinajstić information content (AvgIpc) is 2.26. The van der Waals surface area contributed by atoms with E-state index in [2.05, 4.69) is 18.3 Å². The molecule has 1 amide bonds. The normalized spacial score (nSPS) is 10.8. The Morgan fingerprint density at radius 1 is 1.18 bits per heavy atom. The summed E-state index contributed by atoms with van der Waals surface area (Å²) >= 11 is 0. The van der Waals surface area contributed by atoms with Gasteiger partial charge in [-0.05, 0) is 37.6 Å². The van der Waals surface area contributed by atoms with E-state index in [9.17, 15) is 4.79 Å². The number of rotatable bonds is 2. The molecular weight excluding hydrogens is 210 g/mol. The smallest absolute Gasteiger partial charge is 0.252 e. The highest BCUT2D eigenvalue weighted by Crippen LogP contribution is 2.20. The molecule has 0 bridgehead atoms. The number of carbonyl (C=O) groups is 1. The number of amides is 1. The lowest BCUT2D eigenvalue weighted by atomic mass is 10.0. The topological polar surface area (TPSA) is 29.1 Å². The van der Waals surface area contributed by atoms with E-state index in [4.69, 9.17) is 0 Å². The van der Waals surface area contributed by atoms with Gasteiger partial charge in [0, 0.05) is 11.6 Å². The number of aryl methyl sites for hydroxylation is 1. The minimum atomic E-state index is -0.00514. The minimum absolute atomic E-state index is 0.00514. The second-order valence-electron chi connectivity index (χ2n) is 4.66. The monoisotopic (exact) mass is 227 g/mol. The Bertz CT molecular complexity index is 558. The molecule has 88 valence electrons. The molecule has 2 nitrogen and oxygen atoms in total. The highest BCUT2D eigenvalue weighted by Gasteiger charge is 2.10. The van der Waals surface area contributed by atoms with Gasteiger partial charge >= 0.3 is 0 Å². The fourth-order valence-corrected chi connectivity index (χ4v) is 1.94. The second kappa shape index (κ2) is 4.58. The van der Waals surface area contributed by atoms with Crippen LogP contribution < -0.4 is 5.32 Å². The van der Waals surface area contributed by atoms with Crippen LogP contribution in [-0.4, -0.2) is 11.9 Å². The first-order chi connectivity index (χ1) is 8.08. The number of hydrogen-bond acceptors (Lipinski definition) is 1. The van der Waals surface area contributed by atoms with Crippen LogP contribution >= 0.6 is 0 Å². The van der Waals surface area contributed by atoms with Crippen molar-refractivity contribution >= 4 is 16.7 Å². The summed E-state index contributed by atoms with van der Waals surface area (Å²) in [6.07, 6.45) is 0. The standard InChI is InChI=1S/C15H17NO/c1-10(2)16-15(17)14-6-4-5-12-9-11(3)7-8-13(12)14/h4-10H,1-3H3,(H,16,17). The number of nitrogens with one attached hydrogen (secondary N) is 1. The maximum atomic E-state index is 12.0. The van der Waals surface area contributed by atoms with Crippen molar-refractivity contribution in [2.45, 2.75) is 26.8 Å². The highest BCUT2D eigenvalue weighted by atomic mass is 16.1. The van der Waals surface area contributed by atoms with Crippen LogP contribution in [0.5, 0.6) is 0 Å². The maximum absolute atomic E-state index is 12.0. The summed E-state index contributed by atoms with van der Waals surface area (Å²) in [5, 5.41) is 5.05. The zero-order valence-electron chi connectivity index (χ0n) is 10.4. The van der Waals surface area contributed by atoms with Gasteiger partial charge in [0.25, 0.3) is 5.91 Å². The predicted molar refractivity (Wildman–Crippen MR) is 71.3 cm³/mol. The Hall–Kier alpha value is -1.83. The lowest BCUT2D eigenvalue weighted by Gasteiger charge is -2.10. The van der Waals surface area contributed by atoms with Gasteiger partial charge in [0.2, 0.25) is 0 Å². The van der Waals surface area contributed by atoms with E-state index in [0.717, 1.165) is 16.3 Å². The SMILES string of the molecule is Cc1ccc2c(C(=O)NC(C)C)cccc2c1. The van der Waals surface area contributed by atoms with Crippen LogP contribution in [0.15, 0.2) is 36.4 Å². The maximum Gasteiger partial charge on any atom is 0.252 e. The van der Waals surface area contributed by atoms with Crippen LogP contribution in [0.1, 0.15) is 29.8 Å². The van der Waals surface area contributed by atoms with Crippen LogP contribution in [0.4, 0.5) is 0 Å². The largest absolute Gasteiger partial charge is 0.350 e. The lowest BCUT2D eigenvalue weighted by molar-refractivity contribution is 0.0945. The first-order valence-corrected chi connectivity index (χ1v) is 5.88. The Morgan fingerprint density at radius 3 is 2.65 bits per heavy atom. The van der Waals surface area contributed by atoms with E-state index in [1.165, 1.54) is 5.56 Å². The predicted octanol–water partition coefficient (Wildman–Crippen LogP) is 3.29. The summed E-state index contributed by atoms with van der Waals surface area (Å²) in [6, 6.07) is 12.1. The summed E-state index contributed by atoms with van der Waals surface area (Å²) in [5.74, 6) is -0.00514. The van der Waals surface area contributed by atoms with Crippen molar-refractivity contribution in [3.05, 3.63) is 47.5 Å². The Morgan fingerprint density at radius 2 is 1.94 bits per heavy atom. The van der Waals surface area contributed by atoms with Gasteiger partial charge in [0.1, 0.15) is 0 Å². The van der Waals surface area contributed by atoms with Crippen LogP contribution in [0.2, 0.25) is 0 Å². The summed E-state index contributed by atoms with van der Waals surface area (Å²) in [4.78, 5) is 12.0. The van der Waals surface area contributed by atoms with Crippen molar-refractivity contribution < 1.29 is 4.79 Å². The third-order valence-electron chi connectivity index (χ3n) is 2.70. The second-order valence-corrected chi connectivity index (χ2v) is 4.66. The van der Waals surface area contributed by atoms with Crippen molar-refractivity contribution in [3.63, 3.8) is 0 Å². The van der Waals surface area contributed by atoms with E-state index < -0.39 is 0 Å². The molecule has 0 atom stereocenters. The van der Waals surface area contributed by atoms with Gasteiger partial charge in [-0.3, -0.25) is 4.79 Å². The Labute approximate surface area is 102 Å². The molecule has 0 saturated carbocycles. The average molecular weight is 227 g/mol. The van der Waals surface area contributed by atoms with Crippen LogP contribution in [0.25, 0.3) is 10.8 Å². The lowest BCUT2D eigenvalue weighted by Crippen LogP contribution is -2.30. The van der Waals surface area contributed by atoms with Crippen LogP contribution in [0.3, 0.4) is 0 Å². The molecular formula is C15H17NO. The van der Waals surface area contributed by atoms with Crippen molar-refractivity contribution in [2.24, 2.45) is 0 Å². The number of carbonyl (C=O) groups excluding carboxylic acids is 1. The van der Waals surface area contributed by atoms with Gasteiger partial charge < -0.3 is 5.32 Å². The van der Waals surface area contributed by atoms with Crippen molar-refractivity contribution in [2.75, 3.05) is 0 Å². The molecule has 17 heavy (non-hydrogen) atoms. The molecule has 0 aliphatic rings. The molecule has 1 N–H and O–H groups in total. The fourth-order valence-electron chi connectivity index (χ4n) is 1.94. The van der Waals surface area contributed by atoms with E-state index in [0.29, 0.717) is 0 Å².